The summed E-state index contributed by atoms with van der Waals surface area (Å²) in [6.45, 7) is 4.27. The molecule has 0 aliphatic rings. The van der Waals surface area contributed by atoms with Crippen LogP contribution in [-0.2, 0) is 6.42 Å². The second kappa shape index (κ2) is 6.01. The first-order valence-corrected chi connectivity index (χ1v) is 6.58. The van der Waals surface area contributed by atoms with Gasteiger partial charge in [0.1, 0.15) is 0 Å². The van der Waals surface area contributed by atoms with Crippen LogP contribution in [0.5, 0.6) is 0 Å². The van der Waals surface area contributed by atoms with E-state index in [4.69, 9.17) is 11.6 Å². The monoisotopic (exact) mass is 258 g/mol. The number of nitrogens with zero attached hydrogens (tertiary/aromatic N) is 1. The van der Waals surface area contributed by atoms with E-state index >= 15 is 0 Å². The van der Waals surface area contributed by atoms with Gasteiger partial charge in [-0.05, 0) is 30.4 Å². The Morgan fingerprint density at radius 3 is 2.61 bits per heavy atom. The molecule has 1 radical (unpaired) electrons. The number of rotatable bonds is 4. The Morgan fingerprint density at radius 1 is 1.22 bits per heavy atom. The molecular formula is C16H17ClN. The molecule has 0 spiro atoms. The van der Waals surface area contributed by atoms with E-state index in [1.807, 2.05) is 42.6 Å². The number of hydrogen-bond donors (Lipinski definition) is 0. The molecule has 93 valence electrons. The Morgan fingerprint density at radius 2 is 1.94 bits per heavy atom. The first-order valence-electron chi connectivity index (χ1n) is 6.20. The fraction of sp³-hybridized carbons (Fsp3) is 0.250. The van der Waals surface area contributed by atoms with Gasteiger partial charge in [-0.15, -0.1) is 0 Å². The molecule has 0 fully saturated rings. The molecule has 0 saturated carbocycles. The van der Waals surface area contributed by atoms with Crippen molar-refractivity contribution in [2.24, 2.45) is 5.92 Å². The lowest BCUT2D eigenvalue weighted by Gasteiger charge is -2.12. The highest BCUT2D eigenvalue weighted by Gasteiger charge is 2.11. The minimum Gasteiger partial charge on any atom is -0.255 e. The van der Waals surface area contributed by atoms with E-state index in [-0.39, 0.29) is 0 Å². The molecule has 2 aromatic rings. The van der Waals surface area contributed by atoms with Gasteiger partial charge >= 0.3 is 0 Å². The molecular weight excluding hydrogens is 242 g/mol. The Bertz CT molecular complexity index is 508. The van der Waals surface area contributed by atoms with Crippen LogP contribution in [0.1, 0.15) is 19.4 Å². The molecule has 1 heterocycles. The molecule has 1 unspecified atom stereocenters. The zero-order valence-corrected chi connectivity index (χ0v) is 11.5. The molecule has 0 amide bonds. The van der Waals surface area contributed by atoms with Gasteiger partial charge in [0, 0.05) is 11.8 Å². The lowest BCUT2D eigenvalue weighted by molar-refractivity contribution is 0.670. The van der Waals surface area contributed by atoms with Crippen molar-refractivity contribution in [2.45, 2.75) is 20.3 Å². The van der Waals surface area contributed by atoms with Crippen LogP contribution in [-0.4, -0.2) is 4.98 Å². The zero-order chi connectivity index (χ0) is 13.0. The van der Waals surface area contributed by atoms with Crippen LogP contribution in [0.25, 0.3) is 11.3 Å². The smallest absolute Gasteiger partial charge is 0.0890 e. The Labute approximate surface area is 114 Å². The van der Waals surface area contributed by atoms with Crippen LogP contribution in [0.4, 0.5) is 0 Å². The summed E-state index contributed by atoms with van der Waals surface area (Å²) in [6.07, 6.45) is 4.99. The molecule has 0 N–H and O–H groups in total. The molecule has 0 saturated heterocycles. The van der Waals surface area contributed by atoms with Gasteiger partial charge in [-0.2, -0.15) is 0 Å². The van der Waals surface area contributed by atoms with Crippen molar-refractivity contribution in [3.63, 3.8) is 0 Å². The molecule has 1 nitrogen and oxygen atoms in total. The maximum absolute atomic E-state index is 6.47. The molecule has 2 heteroatoms. The van der Waals surface area contributed by atoms with Gasteiger partial charge in [-0.1, -0.05) is 55.8 Å². The van der Waals surface area contributed by atoms with Gasteiger partial charge in [0.05, 0.1) is 10.7 Å². The van der Waals surface area contributed by atoms with Crippen molar-refractivity contribution in [3.05, 3.63) is 59.6 Å². The van der Waals surface area contributed by atoms with Crippen molar-refractivity contribution >= 4 is 11.6 Å². The predicted octanol–water partition coefficient (Wildman–Crippen LogP) is 4.80. The van der Waals surface area contributed by atoms with Crippen LogP contribution in [0.2, 0.25) is 5.02 Å². The molecule has 1 aromatic carbocycles. The van der Waals surface area contributed by atoms with E-state index < -0.39 is 0 Å². The maximum atomic E-state index is 6.47. The summed E-state index contributed by atoms with van der Waals surface area (Å²) < 4.78 is 0. The van der Waals surface area contributed by atoms with E-state index in [0.717, 1.165) is 28.3 Å². The van der Waals surface area contributed by atoms with Crippen molar-refractivity contribution in [3.8, 4) is 11.3 Å². The molecule has 0 aliphatic carbocycles. The Balaban J connectivity index is 2.36. The summed E-state index contributed by atoms with van der Waals surface area (Å²) >= 11 is 6.47. The van der Waals surface area contributed by atoms with Gasteiger partial charge < -0.3 is 0 Å². The summed E-state index contributed by atoms with van der Waals surface area (Å²) in [5.41, 5.74) is 3.10. The van der Waals surface area contributed by atoms with Crippen molar-refractivity contribution < 1.29 is 0 Å². The highest BCUT2D eigenvalue weighted by Crippen LogP contribution is 2.29. The van der Waals surface area contributed by atoms with E-state index in [1.54, 1.807) is 0 Å². The number of pyridine rings is 1. The van der Waals surface area contributed by atoms with E-state index in [0.29, 0.717) is 5.92 Å². The lowest BCUT2D eigenvalue weighted by atomic mass is 9.98. The quantitative estimate of drug-likeness (QED) is 0.767. The molecule has 0 bridgehead atoms. The van der Waals surface area contributed by atoms with Crippen LogP contribution in [0, 0.1) is 12.3 Å². The summed E-state index contributed by atoms with van der Waals surface area (Å²) in [4.78, 5) is 4.40. The van der Waals surface area contributed by atoms with E-state index in [1.165, 1.54) is 0 Å². The molecule has 18 heavy (non-hydrogen) atoms. The molecule has 1 atom stereocenters. The SMILES string of the molecule is C[CH]C(C)Cc1ccnc(-c2ccccc2)c1Cl. The topological polar surface area (TPSA) is 12.9 Å². The fourth-order valence-corrected chi connectivity index (χ4v) is 2.20. The van der Waals surface area contributed by atoms with Crippen LogP contribution in [0.15, 0.2) is 42.6 Å². The molecule has 0 aliphatic heterocycles. The Kier molecular flexibility index (Phi) is 4.38. The summed E-state index contributed by atoms with van der Waals surface area (Å²) in [6, 6.07) is 12.1. The highest BCUT2D eigenvalue weighted by molar-refractivity contribution is 6.33. The normalized spacial score (nSPS) is 12.4. The molecule has 2 rings (SSSR count). The van der Waals surface area contributed by atoms with Crippen molar-refractivity contribution in [1.82, 2.24) is 4.98 Å². The average molecular weight is 259 g/mol. The number of aromatic nitrogens is 1. The average Bonchev–Trinajstić information content (AvgIpc) is 2.42. The highest BCUT2D eigenvalue weighted by atomic mass is 35.5. The third kappa shape index (κ3) is 2.91. The van der Waals surface area contributed by atoms with Gasteiger partial charge in [-0.3, -0.25) is 4.98 Å². The largest absolute Gasteiger partial charge is 0.255 e. The number of benzene rings is 1. The van der Waals surface area contributed by atoms with Crippen molar-refractivity contribution in [1.29, 1.82) is 0 Å². The zero-order valence-electron chi connectivity index (χ0n) is 10.7. The second-order valence-corrected chi connectivity index (χ2v) is 4.89. The van der Waals surface area contributed by atoms with Crippen molar-refractivity contribution in [2.75, 3.05) is 0 Å². The van der Waals surface area contributed by atoms with E-state index in [9.17, 15) is 0 Å². The van der Waals surface area contributed by atoms with E-state index in [2.05, 4.69) is 25.3 Å². The Hall–Kier alpha value is -1.34. The van der Waals surface area contributed by atoms with Crippen LogP contribution < -0.4 is 0 Å². The summed E-state index contributed by atoms with van der Waals surface area (Å²) in [5.74, 6) is 0.522. The first-order chi connectivity index (χ1) is 8.72. The maximum Gasteiger partial charge on any atom is 0.0890 e. The predicted molar refractivity (Wildman–Crippen MR) is 77.5 cm³/mol. The standard InChI is InChI=1S/C16H17ClN/c1-3-12(2)11-14-9-10-18-16(15(14)17)13-7-5-4-6-8-13/h3-10,12H,11H2,1-2H3. The molecule has 1 aromatic heterocycles. The van der Waals surface area contributed by atoms with Gasteiger partial charge in [0.2, 0.25) is 0 Å². The lowest BCUT2D eigenvalue weighted by Crippen LogP contribution is -2.00. The minimum atomic E-state index is 0.522. The van der Waals surface area contributed by atoms with Gasteiger partial charge in [-0.25, -0.2) is 0 Å². The number of hydrogen-bond acceptors (Lipinski definition) is 1. The third-order valence-electron chi connectivity index (χ3n) is 3.13. The fourth-order valence-electron chi connectivity index (χ4n) is 1.90. The number of halogens is 1. The first kappa shape index (κ1) is 13.1. The summed E-state index contributed by atoms with van der Waals surface area (Å²) in [7, 11) is 0. The van der Waals surface area contributed by atoms with Crippen LogP contribution >= 0.6 is 11.6 Å². The summed E-state index contributed by atoms with van der Waals surface area (Å²) in [5, 5.41) is 0.775. The van der Waals surface area contributed by atoms with Crippen LogP contribution in [0.3, 0.4) is 0 Å². The third-order valence-corrected chi connectivity index (χ3v) is 3.55. The minimum absolute atomic E-state index is 0.522. The van der Waals surface area contributed by atoms with Gasteiger partial charge in [0.15, 0.2) is 0 Å². The van der Waals surface area contributed by atoms with Gasteiger partial charge in [0.25, 0.3) is 0 Å². The second-order valence-electron chi connectivity index (χ2n) is 4.51.